The van der Waals surface area contributed by atoms with E-state index in [4.69, 9.17) is 4.74 Å². The number of hydrogen-bond donors (Lipinski definition) is 1. The van der Waals surface area contributed by atoms with Gasteiger partial charge in [-0.25, -0.2) is 0 Å². The minimum absolute atomic E-state index is 0.0226. The Kier molecular flexibility index (Phi) is 6.51. The van der Waals surface area contributed by atoms with Crippen molar-refractivity contribution in [3.8, 4) is 5.75 Å². The van der Waals surface area contributed by atoms with Crippen LogP contribution in [0.15, 0.2) is 42.6 Å². The first-order chi connectivity index (χ1) is 15.0. The van der Waals surface area contributed by atoms with Gasteiger partial charge >= 0.3 is 0 Å². The fourth-order valence-corrected chi connectivity index (χ4v) is 4.40. The molecular formula is C24H30N4O3. The topological polar surface area (TPSA) is 74.8 Å². The number of carbonyl (C=O) groups excluding carboxylic acids is 2. The highest BCUT2D eigenvalue weighted by Crippen LogP contribution is 2.34. The quantitative estimate of drug-likeness (QED) is 0.774. The summed E-state index contributed by atoms with van der Waals surface area (Å²) in [5, 5.41) is 3.19. The van der Waals surface area contributed by atoms with E-state index in [-0.39, 0.29) is 30.2 Å². The highest BCUT2D eigenvalue weighted by atomic mass is 16.5. The first-order valence-electron chi connectivity index (χ1n) is 10.9. The summed E-state index contributed by atoms with van der Waals surface area (Å²) in [5.74, 6) is 0.268. The molecule has 2 amide bonds. The maximum atomic E-state index is 12.9. The third-order valence-corrected chi connectivity index (χ3v) is 6.17. The minimum atomic E-state index is -0.329. The van der Waals surface area contributed by atoms with E-state index in [1.165, 1.54) is 0 Å². The number of aromatic nitrogens is 1. The molecular weight excluding hydrogens is 392 g/mol. The Balaban J connectivity index is 1.30. The zero-order valence-corrected chi connectivity index (χ0v) is 18.2. The van der Waals surface area contributed by atoms with Crippen LogP contribution in [-0.4, -0.2) is 54.5 Å². The molecule has 1 aromatic heterocycles. The number of piperidine rings is 1. The van der Waals surface area contributed by atoms with Crippen molar-refractivity contribution in [3.05, 3.63) is 53.9 Å². The van der Waals surface area contributed by atoms with Gasteiger partial charge in [0.15, 0.2) is 0 Å². The summed E-state index contributed by atoms with van der Waals surface area (Å²) in [4.78, 5) is 34.0. The maximum absolute atomic E-state index is 12.9. The second kappa shape index (κ2) is 9.47. The molecule has 4 rings (SSSR count). The van der Waals surface area contributed by atoms with E-state index in [2.05, 4.69) is 15.2 Å². The lowest BCUT2D eigenvalue weighted by Gasteiger charge is -2.32. The van der Waals surface area contributed by atoms with Crippen molar-refractivity contribution in [1.82, 2.24) is 15.2 Å². The Hall–Kier alpha value is -2.93. The molecule has 0 radical (unpaired) electrons. The third-order valence-electron chi connectivity index (χ3n) is 6.17. The number of anilines is 1. The number of hydrogen-bond acceptors (Lipinski definition) is 5. The van der Waals surface area contributed by atoms with Crippen LogP contribution in [-0.2, 0) is 16.1 Å². The third kappa shape index (κ3) is 5.05. The number of pyridine rings is 1. The van der Waals surface area contributed by atoms with Gasteiger partial charge in [-0.2, -0.15) is 0 Å². The summed E-state index contributed by atoms with van der Waals surface area (Å²) in [6.45, 7) is 5.07. The van der Waals surface area contributed by atoms with Gasteiger partial charge in [0.2, 0.25) is 11.8 Å². The Labute approximate surface area is 183 Å². The number of aryl methyl sites for hydroxylation is 1. The summed E-state index contributed by atoms with van der Waals surface area (Å²) in [5.41, 5.74) is 2.86. The van der Waals surface area contributed by atoms with Crippen molar-refractivity contribution >= 4 is 17.5 Å². The number of benzene rings is 1. The molecule has 1 N–H and O–H groups in total. The second-order valence-corrected chi connectivity index (χ2v) is 8.46. The molecule has 1 aromatic carbocycles. The van der Waals surface area contributed by atoms with Gasteiger partial charge in [-0.3, -0.25) is 19.5 Å². The average Bonchev–Trinajstić information content (AvgIpc) is 3.17. The van der Waals surface area contributed by atoms with E-state index in [1.807, 2.05) is 49.5 Å². The van der Waals surface area contributed by atoms with E-state index in [0.29, 0.717) is 12.3 Å². The zero-order valence-electron chi connectivity index (χ0n) is 18.2. The molecule has 2 saturated heterocycles. The van der Waals surface area contributed by atoms with Gasteiger partial charge in [0.05, 0.1) is 24.4 Å². The summed E-state index contributed by atoms with van der Waals surface area (Å²) < 4.78 is 5.43. The van der Waals surface area contributed by atoms with Crippen LogP contribution in [0, 0.1) is 12.8 Å². The number of nitrogens with one attached hydrogen (secondary N) is 1. The predicted molar refractivity (Wildman–Crippen MR) is 119 cm³/mol. The molecule has 2 aliphatic heterocycles. The first-order valence-corrected chi connectivity index (χ1v) is 10.9. The van der Waals surface area contributed by atoms with E-state index in [0.717, 1.165) is 49.4 Å². The number of likely N-dealkylation sites (tertiary alicyclic amines) is 1. The van der Waals surface area contributed by atoms with Gasteiger partial charge in [0, 0.05) is 44.8 Å². The number of carbonyl (C=O) groups is 2. The average molecular weight is 423 g/mol. The number of amides is 2. The Morgan fingerprint density at radius 1 is 1.23 bits per heavy atom. The summed E-state index contributed by atoms with van der Waals surface area (Å²) in [6.07, 6.45) is 3.88. The zero-order chi connectivity index (χ0) is 21.8. The molecule has 7 nitrogen and oxygen atoms in total. The lowest BCUT2D eigenvalue weighted by atomic mass is 10.0. The fourth-order valence-electron chi connectivity index (χ4n) is 4.40. The Bertz CT molecular complexity index is 926. The fraction of sp³-hybridized carbons (Fsp3) is 0.458. The molecule has 31 heavy (non-hydrogen) atoms. The van der Waals surface area contributed by atoms with E-state index in [1.54, 1.807) is 12.0 Å². The highest BCUT2D eigenvalue weighted by molar-refractivity contribution is 6.01. The smallest absolute Gasteiger partial charge is 0.227 e. The summed E-state index contributed by atoms with van der Waals surface area (Å²) in [7, 11) is 1.60. The number of nitrogens with zero attached hydrogens (tertiary/aromatic N) is 3. The lowest BCUT2D eigenvalue weighted by Crippen LogP contribution is -2.46. The van der Waals surface area contributed by atoms with Crippen LogP contribution >= 0.6 is 0 Å². The molecule has 1 unspecified atom stereocenters. The Morgan fingerprint density at radius 2 is 2.03 bits per heavy atom. The lowest BCUT2D eigenvalue weighted by molar-refractivity contribution is -0.127. The molecule has 0 bridgehead atoms. The molecule has 2 aliphatic rings. The van der Waals surface area contributed by atoms with Crippen LogP contribution in [0.1, 0.15) is 30.5 Å². The van der Waals surface area contributed by atoms with Crippen LogP contribution in [0.25, 0.3) is 0 Å². The molecule has 0 saturated carbocycles. The normalized spacial score (nSPS) is 20.1. The standard InChI is InChI=1S/C24H30N4O3/c1-17-6-7-22(31-2)21(13-17)28-15-18(14-23(28)29)24(30)26-19-8-11-27(12-9-19)16-20-5-3-4-10-25-20/h3-7,10,13,18-19H,8-9,11-12,14-16H2,1-2H3,(H,26,30). The van der Waals surface area contributed by atoms with Gasteiger partial charge < -0.3 is 15.0 Å². The van der Waals surface area contributed by atoms with Gasteiger partial charge in [-0.15, -0.1) is 0 Å². The van der Waals surface area contributed by atoms with Gasteiger partial charge in [0.25, 0.3) is 0 Å². The van der Waals surface area contributed by atoms with Gasteiger partial charge in [-0.1, -0.05) is 12.1 Å². The van der Waals surface area contributed by atoms with Gasteiger partial charge in [0.1, 0.15) is 5.75 Å². The predicted octanol–water partition coefficient (Wildman–Crippen LogP) is 2.53. The van der Waals surface area contributed by atoms with Crippen LogP contribution < -0.4 is 15.0 Å². The van der Waals surface area contributed by atoms with Crippen LogP contribution in [0.2, 0.25) is 0 Å². The minimum Gasteiger partial charge on any atom is -0.495 e. The molecule has 3 heterocycles. The molecule has 164 valence electrons. The van der Waals surface area contributed by atoms with E-state index in [9.17, 15) is 9.59 Å². The monoisotopic (exact) mass is 422 g/mol. The van der Waals surface area contributed by atoms with E-state index >= 15 is 0 Å². The summed E-state index contributed by atoms with van der Waals surface area (Å²) >= 11 is 0. The maximum Gasteiger partial charge on any atom is 0.227 e. The Morgan fingerprint density at radius 3 is 2.74 bits per heavy atom. The van der Waals surface area contributed by atoms with Crippen LogP contribution in [0.3, 0.4) is 0 Å². The van der Waals surface area contributed by atoms with Crippen LogP contribution in [0.5, 0.6) is 5.75 Å². The van der Waals surface area contributed by atoms with Crippen molar-refractivity contribution < 1.29 is 14.3 Å². The number of ether oxygens (including phenoxy) is 1. The largest absolute Gasteiger partial charge is 0.495 e. The van der Waals surface area contributed by atoms with Crippen LogP contribution in [0.4, 0.5) is 5.69 Å². The molecule has 0 spiro atoms. The van der Waals surface area contributed by atoms with Crippen molar-refractivity contribution in [2.24, 2.45) is 5.92 Å². The van der Waals surface area contributed by atoms with Crippen molar-refractivity contribution in [3.63, 3.8) is 0 Å². The number of methoxy groups -OCH3 is 1. The molecule has 2 fully saturated rings. The van der Waals surface area contributed by atoms with Crippen molar-refractivity contribution in [1.29, 1.82) is 0 Å². The van der Waals surface area contributed by atoms with Crippen molar-refractivity contribution in [2.75, 3.05) is 31.6 Å². The second-order valence-electron chi connectivity index (χ2n) is 8.46. The molecule has 1 atom stereocenters. The van der Waals surface area contributed by atoms with E-state index < -0.39 is 0 Å². The molecule has 2 aromatic rings. The number of rotatable bonds is 6. The first kappa shape index (κ1) is 21.3. The SMILES string of the molecule is COc1ccc(C)cc1N1CC(C(=O)NC2CCN(Cc3ccccn3)CC2)CC1=O. The van der Waals surface area contributed by atoms with Gasteiger partial charge in [-0.05, 0) is 49.6 Å². The van der Waals surface area contributed by atoms with Crippen molar-refractivity contribution in [2.45, 2.75) is 38.8 Å². The summed E-state index contributed by atoms with van der Waals surface area (Å²) in [6, 6.07) is 11.9. The molecule has 0 aliphatic carbocycles. The highest BCUT2D eigenvalue weighted by Gasteiger charge is 2.37. The molecule has 7 heteroatoms.